The third kappa shape index (κ3) is 3.50. The zero-order valence-corrected chi connectivity index (χ0v) is 12.8. The first-order valence-electron chi connectivity index (χ1n) is 6.51. The molecule has 1 aliphatic heterocycles. The van der Waals surface area contributed by atoms with Gasteiger partial charge < -0.3 is 15.3 Å². The normalized spacial score (nSPS) is 19.7. The standard InChI is InChI=1S/C14H17BrN2O3/c1-9(10-2-4-12(15)5-3-10)16-14(20)17-7-6-11(8-17)13(18)19/h2-5,9,11H,6-8H2,1H3,(H,16,20)(H,18,19)/t9-,11?/m0/s1. The van der Waals surface area contributed by atoms with Gasteiger partial charge in [-0.15, -0.1) is 0 Å². The topological polar surface area (TPSA) is 69.6 Å². The molecule has 1 aromatic carbocycles. The monoisotopic (exact) mass is 340 g/mol. The first-order valence-corrected chi connectivity index (χ1v) is 7.30. The average molecular weight is 341 g/mol. The second kappa shape index (κ2) is 6.26. The summed E-state index contributed by atoms with van der Waals surface area (Å²) in [5.74, 6) is -1.27. The Balaban J connectivity index is 1.91. The van der Waals surface area contributed by atoms with E-state index in [1.54, 1.807) is 4.90 Å². The van der Waals surface area contributed by atoms with Gasteiger partial charge >= 0.3 is 12.0 Å². The largest absolute Gasteiger partial charge is 0.481 e. The van der Waals surface area contributed by atoms with Crippen LogP contribution in [0.1, 0.15) is 24.9 Å². The highest BCUT2D eigenvalue weighted by Crippen LogP contribution is 2.19. The number of rotatable bonds is 3. The third-order valence-corrected chi connectivity index (χ3v) is 4.06. The Labute approximate surface area is 126 Å². The van der Waals surface area contributed by atoms with Gasteiger partial charge in [0.25, 0.3) is 0 Å². The van der Waals surface area contributed by atoms with Gasteiger partial charge in [-0.2, -0.15) is 0 Å². The van der Waals surface area contributed by atoms with E-state index in [1.165, 1.54) is 0 Å². The van der Waals surface area contributed by atoms with Crippen LogP contribution < -0.4 is 5.32 Å². The summed E-state index contributed by atoms with van der Waals surface area (Å²) in [6, 6.07) is 7.42. The number of hydrogen-bond acceptors (Lipinski definition) is 2. The Morgan fingerprint density at radius 2 is 2.05 bits per heavy atom. The molecule has 2 N–H and O–H groups in total. The van der Waals surface area contributed by atoms with Crippen molar-refractivity contribution in [3.05, 3.63) is 34.3 Å². The zero-order valence-electron chi connectivity index (χ0n) is 11.2. The highest BCUT2D eigenvalue weighted by molar-refractivity contribution is 9.10. The van der Waals surface area contributed by atoms with E-state index >= 15 is 0 Å². The smallest absolute Gasteiger partial charge is 0.317 e. The van der Waals surface area contributed by atoms with Crippen LogP contribution in [0.4, 0.5) is 4.79 Å². The van der Waals surface area contributed by atoms with Crippen LogP contribution in [0.15, 0.2) is 28.7 Å². The number of carboxylic acid groups (broad SMARTS) is 1. The van der Waals surface area contributed by atoms with Crippen LogP contribution in [0, 0.1) is 5.92 Å². The van der Waals surface area contributed by atoms with E-state index in [-0.39, 0.29) is 18.6 Å². The number of aliphatic carboxylic acids is 1. The molecule has 0 radical (unpaired) electrons. The number of likely N-dealkylation sites (tertiary alicyclic amines) is 1. The molecule has 2 amide bonds. The minimum Gasteiger partial charge on any atom is -0.481 e. The molecule has 5 nitrogen and oxygen atoms in total. The molecule has 0 bridgehead atoms. The highest BCUT2D eigenvalue weighted by atomic mass is 79.9. The fourth-order valence-corrected chi connectivity index (χ4v) is 2.52. The quantitative estimate of drug-likeness (QED) is 0.888. The van der Waals surface area contributed by atoms with Crippen LogP contribution in [0.25, 0.3) is 0 Å². The lowest BCUT2D eigenvalue weighted by atomic mass is 10.1. The Morgan fingerprint density at radius 3 is 2.60 bits per heavy atom. The summed E-state index contributed by atoms with van der Waals surface area (Å²) in [6.45, 7) is 2.69. The molecular weight excluding hydrogens is 324 g/mol. The average Bonchev–Trinajstić information content (AvgIpc) is 2.89. The lowest BCUT2D eigenvalue weighted by molar-refractivity contribution is -0.141. The summed E-state index contributed by atoms with van der Waals surface area (Å²) >= 11 is 3.37. The van der Waals surface area contributed by atoms with Crippen LogP contribution in [0.5, 0.6) is 0 Å². The second-order valence-corrected chi connectivity index (χ2v) is 5.91. The number of carbonyl (C=O) groups is 2. The van der Waals surface area contributed by atoms with Crippen molar-refractivity contribution in [2.75, 3.05) is 13.1 Å². The number of benzene rings is 1. The molecular formula is C14H17BrN2O3. The number of nitrogens with zero attached hydrogens (tertiary/aromatic N) is 1. The van der Waals surface area contributed by atoms with Crippen molar-refractivity contribution < 1.29 is 14.7 Å². The van der Waals surface area contributed by atoms with E-state index in [9.17, 15) is 9.59 Å². The second-order valence-electron chi connectivity index (χ2n) is 4.99. The van der Waals surface area contributed by atoms with Gasteiger partial charge in [0, 0.05) is 17.6 Å². The fourth-order valence-electron chi connectivity index (χ4n) is 2.26. The van der Waals surface area contributed by atoms with Crippen LogP contribution >= 0.6 is 15.9 Å². The van der Waals surface area contributed by atoms with E-state index in [1.807, 2.05) is 31.2 Å². The molecule has 1 aliphatic rings. The van der Waals surface area contributed by atoms with Gasteiger partial charge in [0.15, 0.2) is 0 Å². The summed E-state index contributed by atoms with van der Waals surface area (Å²) in [5, 5.41) is 11.8. The van der Waals surface area contributed by atoms with Gasteiger partial charge in [-0.25, -0.2) is 4.79 Å². The molecule has 1 saturated heterocycles. The molecule has 2 rings (SSSR count). The summed E-state index contributed by atoms with van der Waals surface area (Å²) in [6.07, 6.45) is 0.523. The Hall–Kier alpha value is -1.56. The number of nitrogens with one attached hydrogen (secondary N) is 1. The molecule has 1 heterocycles. The predicted octanol–water partition coefficient (Wildman–Crippen LogP) is 2.63. The maximum Gasteiger partial charge on any atom is 0.317 e. The van der Waals surface area contributed by atoms with Gasteiger partial charge in [-0.05, 0) is 31.0 Å². The lowest BCUT2D eigenvalue weighted by Gasteiger charge is -2.21. The van der Waals surface area contributed by atoms with Crippen LogP contribution in [0.2, 0.25) is 0 Å². The molecule has 1 unspecified atom stereocenters. The first kappa shape index (κ1) is 14.8. The molecule has 6 heteroatoms. The number of carbonyl (C=O) groups excluding carboxylic acids is 1. The van der Waals surface area contributed by atoms with E-state index in [2.05, 4.69) is 21.2 Å². The first-order chi connectivity index (χ1) is 9.47. The molecule has 1 fully saturated rings. The van der Waals surface area contributed by atoms with Gasteiger partial charge in [0.2, 0.25) is 0 Å². The van der Waals surface area contributed by atoms with Gasteiger partial charge in [-0.3, -0.25) is 4.79 Å². The van der Waals surface area contributed by atoms with E-state index in [0.29, 0.717) is 13.0 Å². The zero-order chi connectivity index (χ0) is 14.7. The van der Waals surface area contributed by atoms with Crippen molar-refractivity contribution in [2.24, 2.45) is 5.92 Å². The van der Waals surface area contributed by atoms with Crippen LogP contribution in [0.3, 0.4) is 0 Å². The summed E-state index contributed by atoms with van der Waals surface area (Å²) < 4.78 is 0.989. The Kier molecular flexibility index (Phi) is 4.65. The van der Waals surface area contributed by atoms with E-state index in [0.717, 1.165) is 10.0 Å². The fraction of sp³-hybridized carbons (Fsp3) is 0.429. The van der Waals surface area contributed by atoms with E-state index in [4.69, 9.17) is 5.11 Å². The van der Waals surface area contributed by atoms with Crippen molar-refractivity contribution in [1.29, 1.82) is 0 Å². The van der Waals surface area contributed by atoms with Gasteiger partial charge in [0.05, 0.1) is 12.0 Å². The Morgan fingerprint density at radius 1 is 1.40 bits per heavy atom. The SMILES string of the molecule is C[C@H](NC(=O)N1CCC(C(=O)O)C1)c1ccc(Br)cc1. The molecule has 0 spiro atoms. The molecule has 0 saturated carbocycles. The number of amides is 2. The molecule has 20 heavy (non-hydrogen) atoms. The lowest BCUT2D eigenvalue weighted by Crippen LogP contribution is -2.40. The third-order valence-electron chi connectivity index (χ3n) is 3.53. The summed E-state index contributed by atoms with van der Waals surface area (Å²) in [5.41, 5.74) is 1.01. The van der Waals surface area contributed by atoms with Gasteiger partial charge in [0.1, 0.15) is 0 Å². The van der Waals surface area contributed by atoms with E-state index < -0.39 is 11.9 Å². The summed E-state index contributed by atoms with van der Waals surface area (Å²) in [4.78, 5) is 24.5. The van der Waals surface area contributed by atoms with Crippen LogP contribution in [-0.4, -0.2) is 35.1 Å². The molecule has 1 aromatic rings. The van der Waals surface area contributed by atoms with Crippen molar-refractivity contribution in [2.45, 2.75) is 19.4 Å². The number of hydrogen-bond donors (Lipinski definition) is 2. The van der Waals surface area contributed by atoms with Crippen molar-refractivity contribution in [1.82, 2.24) is 10.2 Å². The summed E-state index contributed by atoms with van der Waals surface area (Å²) in [7, 11) is 0. The molecule has 0 aliphatic carbocycles. The maximum absolute atomic E-state index is 12.1. The predicted molar refractivity (Wildman–Crippen MR) is 78.4 cm³/mol. The minimum atomic E-state index is -0.832. The van der Waals surface area contributed by atoms with Crippen LogP contribution in [-0.2, 0) is 4.79 Å². The number of halogens is 1. The number of urea groups is 1. The van der Waals surface area contributed by atoms with Crippen molar-refractivity contribution in [3.63, 3.8) is 0 Å². The Bertz CT molecular complexity index is 504. The van der Waals surface area contributed by atoms with Gasteiger partial charge in [-0.1, -0.05) is 28.1 Å². The molecule has 0 aromatic heterocycles. The minimum absolute atomic E-state index is 0.112. The molecule has 108 valence electrons. The van der Waals surface area contributed by atoms with Crippen molar-refractivity contribution in [3.8, 4) is 0 Å². The highest BCUT2D eigenvalue weighted by Gasteiger charge is 2.31. The maximum atomic E-state index is 12.1. The van der Waals surface area contributed by atoms with Crippen molar-refractivity contribution >= 4 is 27.9 Å². The molecule has 2 atom stereocenters. The number of carboxylic acids is 1.